The van der Waals surface area contributed by atoms with E-state index in [4.69, 9.17) is 15.8 Å². The lowest BCUT2D eigenvalue weighted by atomic mass is 10.0. The van der Waals surface area contributed by atoms with Crippen molar-refractivity contribution < 1.29 is 5.11 Å². The molecule has 3 rings (SSSR count). The number of aliphatic hydroxyl groups excluding tert-OH is 1. The summed E-state index contributed by atoms with van der Waals surface area (Å²) in [5, 5.41) is 23.5. The van der Waals surface area contributed by atoms with Gasteiger partial charge in [0.1, 0.15) is 0 Å². The Hall–Kier alpha value is -2.84. The third-order valence-corrected chi connectivity index (χ3v) is 4.31. The fourth-order valence-corrected chi connectivity index (χ4v) is 3.02. The van der Waals surface area contributed by atoms with Crippen LogP contribution >= 0.6 is 0 Å². The maximum atomic E-state index is 9.21. The summed E-state index contributed by atoms with van der Waals surface area (Å²) < 4.78 is 0. The molecule has 128 valence electrons. The van der Waals surface area contributed by atoms with Crippen molar-refractivity contribution in [2.24, 2.45) is 0 Å². The lowest BCUT2D eigenvalue weighted by Crippen LogP contribution is -2.04. The standard InChI is InChI=1S/C20H22N4O/c21-13-14-5-7-18-16(11-14)20(23-9-3-1-2-4-10-25)17-12-15(22)6-8-19(17)24-18/h5-8,11-12,25H,1-4,9-10,22H2,(H,23,24). The second-order valence-corrected chi connectivity index (χ2v) is 6.17. The lowest BCUT2D eigenvalue weighted by molar-refractivity contribution is 0.283. The van der Waals surface area contributed by atoms with Crippen molar-refractivity contribution in [1.82, 2.24) is 4.98 Å². The average molecular weight is 334 g/mol. The van der Waals surface area contributed by atoms with Crippen molar-refractivity contribution in [3.8, 4) is 6.07 Å². The minimum Gasteiger partial charge on any atom is -0.399 e. The van der Waals surface area contributed by atoms with Gasteiger partial charge in [0.25, 0.3) is 0 Å². The summed E-state index contributed by atoms with van der Waals surface area (Å²) in [7, 11) is 0. The molecule has 0 unspecified atom stereocenters. The number of nitriles is 1. The minimum atomic E-state index is 0.253. The number of fused-ring (bicyclic) bond motifs is 2. The molecule has 5 heteroatoms. The zero-order valence-corrected chi connectivity index (χ0v) is 14.1. The number of aromatic nitrogens is 1. The third-order valence-electron chi connectivity index (χ3n) is 4.31. The van der Waals surface area contributed by atoms with E-state index in [1.807, 2.05) is 30.3 Å². The molecule has 2 aromatic carbocycles. The van der Waals surface area contributed by atoms with E-state index >= 15 is 0 Å². The van der Waals surface area contributed by atoms with Gasteiger partial charge >= 0.3 is 0 Å². The quantitative estimate of drug-likeness (QED) is 0.347. The number of unbranched alkanes of at least 4 members (excludes halogenated alkanes) is 3. The smallest absolute Gasteiger partial charge is 0.0991 e. The number of nitrogens with zero attached hydrogens (tertiary/aromatic N) is 2. The van der Waals surface area contributed by atoms with Gasteiger partial charge in [-0.15, -0.1) is 0 Å². The van der Waals surface area contributed by atoms with Crippen LogP contribution in [0.2, 0.25) is 0 Å². The number of hydrogen-bond acceptors (Lipinski definition) is 5. The van der Waals surface area contributed by atoms with E-state index in [-0.39, 0.29) is 6.61 Å². The summed E-state index contributed by atoms with van der Waals surface area (Å²) in [5.41, 5.74) is 10.00. The van der Waals surface area contributed by atoms with Crippen LogP contribution in [-0.4, -0.2) is 23.2 Å². The average Bonchev–Trinajstić information content (AvgIpc) is 2.63. The lowest BCUT2D eigenvalue weighted by Gasteiger charge is -2.14. The third kappa shape index (κ3) is 3.81. The number of nitrogen functional groups attached to an aromatic ring is 1. The van der Waals surface area contributed by atoms with E-state index in [0.717, 1.165) is 59.7 Å². The fourth-order valence-electron chi connectivity index (χ4n) is 3.02. The number of rotatable bonds is 7. The molecular weight excluding hydrogens is 312 g/mol. The molecular formula is C20H22N4O. The number of hydrogen-bond donors (Lipinski definition) is 3. The first kappa shape index (κ1) is 17.0. The second kappa shape index (κ2) is 7.82. The van der Waals surface area contributed by atoms with Crippen molar-refractivity contribution in [2.75, 3.05) is 24.2 Å². The molecule has 0 aliphatic rings. The molecule has 0 amide bonds. The number of benzene rings is 2. The number of nitrogens with two attached hydrogens (primary N) is 1. The molecule has 0 bridgehead atoms. The van der Waals surface area contributed by atoms with Crippen LogP contribution in [0.15, 0.2) is 36.4 Å². The van der Waals surface area contributed by atoms with Crippen molar-refractivity contribution in [3.63, 3.8) is 0 Å². The second-order valence-electron chi connectivity index (χ2n) is 6.17. The van der Waals surface area contributed by atoms with Gasteiger partial charge in [-0.2, -0.15) is 5.26 Å². The predicted octanol–water partition coefficient (Wildman–Crippen LogP) is 3.81. The monoisotopic (exact) mass is 334 g/mol. The van der Waals surface area contributed by atoms with Crippen LogP contribution in [0.3, 0.4) is 0 Å². The van der Waals surface area contributed by atoms with Crippen LogP contribution in [0.25, 0.3) is 21.8 Å². The van der Waals surface area contributed by atoms with Crippen LogP contribution < -0.4 is 11.1 Å². The van der Waals surface area contributed by atoms with E-state index in [1.165, 1.54) is 0 Å². The molecule has 3 aromatic rings. The Morgan fingerprint density at radius 1 is 1.00 bits per heavy atom. The molecule has 1 heterocycles. The van der Waals surface area contributed by atoms with Gasteiger partial charge in [0.05, 0.1) is 28.4 Å². The van der Waals surface area contributed by atoms with Gasteiger partial charge in [-0.25, -0.2) is 4.98 Å². The molecule has 25 heavy (non-hydrogen) atoms. The summed E-state index contributed by atoms with van der Waals surface area (Å²) in [6.45, 7) is 1.08. The van der Waals surface area contributed by atoms with Gasteiger partial charge in [-0.3, -0.25) is 0 Å². The minimum absolute atomic E-state index is 0.253. The molecule has 0 saturated carbocycles. The predicted molar refractivity (Wildman–Crippen MR) is 102 cm³/mol. The van der Waals surface area contributed by atoms with Crippen LogP contribution in [0.1, 0.15) is 31.2 Å². The van der Waals surface area contributed by atoms with E-state index in [9.17, 15) is 5.26 Å². The van der Waals surface area contributed by atoms with E-state index < -0.39 is 0 Å². The summed E-state index contributed by atoms with van der Waals surface area (Å²) in [6, 6.07) is 13.4. The molecule has 0 spiro atoms. The van der Waals surface area contributed by atoms with Crippen molar-refractivity contribution in [3.05, 3.63) is 42.0 Å². The summed E-state index contributed by atoms with van der Waals surface area (Å²) in [6.07, 6.45) is 3.97. The Kier molecular flexibility index (Phi) is 5.32. The molecule has 0 fully saturated rings. The van der Waals surface area contributed by atoms with E-state index in [2.05, 4.69) is 11.4 Å². The Morgan fingerprint density at radius 3 is 2.48 bits per heavy atom. The summed E-state index contributed by atoms with van der Waals surface area (Å²) in [5.74, 6) is 0. The highest BCUT2D eigenvalue weighted by Crippen LogP contribution is 2.32. The Bertz CT molecular complexity index is 930. The first-order chi connectivity index (χ1) is 12.2. The number of pyridine rings is 1. The largest absolute Gasteiger partial charge is 0.399 e. The summed E-state index contributed by atoms with van der Waals surface area (Å²) >= 11 is 0. The van der Waals surface area contributed by atoms with Crippen molar-refractivity contribution >= 4 is 33.2 Å². The van der Waals surface area contributed by atoms with Crippen molar-refractivity contribution in [1.29, 1.82) is 5.26 Å². The van der Waals surface area contributed by atoms with E-state index in [1.54, 1.807) is 6.07 Å². The fraction of sp³-hybridized carbons (Fsp3) is 0.300. The highest BCUT2D eigenvalue weighted by atomic mass is 16.2. The Labute approximate surface area is 147 Å². The van der Waals surface area contributed by atoms with Gasteiger partial charge in [0, 0.05) is 29.6 Å². The number of anilines is 2. The topological polar surface area (TPSA) is 95.0 Å². The van der Waals surface area contributed by atoms with Gasteiger partial charge in [0.15, 0.2) is 0 Å². The van der Waals surface area contributed by atoms with Crippen LogP contribution in [0.4, 0.5) is 11.4 Å². The number of aliphatic hydroxyl groups is 1. The zero-order chi connectivity index (χ0) is 17.6. The van der Waals surface area contributed by atoms with Gasteiger partial charge < -0.3 is 16.2 Å². The molecule has 0 saturated heterocycles. The molecule has 0 radical (unpaired) electrons. The van der Waals surface area contributed by atoms with Gasteiger partial charge in [-0.05, 0) is 49.2 Å². The molecule has 0 aliphatic carbocycles. The van der Waals surface area contributed by atoms with Gasteiger partial charge in [0.2, 0.25) is 0 Å². The first-order valence-electron chi connectivity index (χ1n) is 8.61. The maximum Gasteiger partial charge on any atom is 0.0991 e. The highest BCUT2D eigenvalue weighted by Gasteiger charge is 2.10. The molecule has 5 nitrogen and oxygen atoms in total. The Morgan fingerprint density at radius 2 is 1.72 bits per heavy atom. The highest BCUT2D eigenvalue weighted by molar-refractivity contribution is 6.08. The molecule has 4 N–H and O–H groups in total. The van der Waals surface area contributed by atoms with Crippen LogP contribution in [-0.2, 0) is 0 Å². The molecule has 0 atom stereocenters. The van der Waals surface area contributed by atoms with Crippen LogP contribution in [0.5, 0.6) is 0 Å². The first-order valence-corrected chi connectivity index (χ1v) is 8.61. The van der Waals surface area contributed by atoms with Crippen LogP contribution in [0, 0.1) is 11.3 Å². The summed E-state index contributed by atoms with van der Waals surface area (Å²) in [4.78, 5) is 4.69. The SMILES string of the molecule is N#Cc1ccc2nc3ccc(N)cc3c(NCCCCCCO)c2c1. The zero-order valence-electron chi connectivity index (χ0n) is 14.1. The maximum absolute atomic E-state index is 9.21. The normalized spacial score (nSPS) is 10.9. The molecule has 0 aliphatic heterocycles. The molecule has 1 aromatic heterocycles. The van der Waals surface area contributed by atoms with E-state index in [0.29, 0.717) is 11.3 Å². The Balaban J connectivity index is 1.98. The van der Waals surface area contributed by atoms with Crippen molar-refractivity contribution in [2.45, 2.75) is 25.7 Å². The van der Waals surface area contributed by atoms with Gasteiger partial charge in [-0.1, -0.05) is 12.8 Å². The number of nitrogens with one attached hydrogen (secondary N) is 1.